The summed E-state index contributed by atoms with van der Waals surface area (Å²) in [5.74, 6) is 0.166. The Labute approximate surface area is 98.2 Å². The van der Waals surface area contributed by atoms with Crippen LogP contribution in [-0.2, 0) is 9.53 Å². The van der Waals surface area contributed by atoms with E-state index in [1.807, 2.05) is 20.8 Å². The fourth-order valence-electron chi connectivity index (χ4n) is 1.31. The average Bonchev–Trinajstić information content (AvgIpc) is 2.17. The Balaban J connectivity index is 3.68. The zero-order valence-electron chi connectivity index (χ0n) is 10.6. The van der Waals surface area contributed by atoms with Crippen molar-refractivity contribution in [2.24, 2.45) is 17.6 Å². The molecular formula is C12H24N2O2. The van der Waals surface area contributed by atoms with E-state index in [0.29, 0.717) is 26.3 Å². The van der Waals surface area contributed by atoms with Gasteiger partial charge < -0.3 is 15.8 Å². The monoisotopic (exact) mass is 228 g/mol. The van der Waals surface area contributed by atoms with Gasteiger partial charge in [-0.2, -0.15) is 0 Å². The molecule has 0 aromatic carbocycles. The molecule has 0 aromatic heterocycles. The number of ether oxygens (including phenoxy) is 1. The minimum absolute atomic E-state index is 0.0106. The van der Waals surface area contributed by atoms with E-state index in [0.717, 1.165) is 5.57 Å². The quantitative estimate of drug-likeness (QED) is 0.480. The predicted octanol–water partition coefficient (Wildman–Crippen LogP) is 0.926. The SMILES string of the molecule is C=C(C)COCCNC(=O)C(CN)C(C)C. The first-order valence-electron chi connectivity index (χ1n) is 5.69. The highest BCUT2D eigenvalue weighted by Gasteiger charge is 2.19. The third kappa shape index (κ3) is 6.58. The van der Waals surface area contributed by atoms with Crippen LogP contribution < -0.4 is 11.1 Å². The van der Waals surface area contributed by atoms with Gasteiger partial charge in [0, 0.05) is 13.1 Å². The highest BCUT2D eigenvalue weighted by Crippen LogP contribution is 2.08. The number of hydrogen-bond acceptors (Lipinski definition) is 3. The third-order valence-electron chi connectivity index (χ3n) is 2.29. The van der Waals surface area contributed by atoms with Crippen LogP contribution in [0.5, 0.6) is 0 Å². The van der Waals surface area contributed by atoms with Gasteiger partial charge in [-0.15, -0.1) is 0 Å². The summed E-state index contributed by atoms with van der Waals surface area (Å²) < 4.78 is 5.27. The minimum Gasteiger partial charge on any atom is -0.375 e. The lowest BCUT2D eigenvalue weighted by atomic mass is 9.95. The van der Waals surface area contributed by atoms with Crippen molar-refractivity contribution >= 4 is 5.91 Å². The van der Waals surface area contributed by atoms with E-state index in [9.17, 15) is 4.79 Å². The van der Waals surface area contributed by atoms with Crippen LogP contribution in [0.25, 0.3) is 0 Å². The van der Waals surface area contributed by atoms with Gasteiger partial charge in [0.1, 0.15) is 0 Å². The van der Waals surface area contributed by atoms with Crippen molar-refractivity contribution in [1.29, 1.82) is 0 Å². The van der Waals surface area contributed by atoms with Crippen LogP contribution in [0.4, 0.5) is 0 Å². The summed E-state index contributed by atoms with van der Waals surface area (Å²) in [6, 6.07) is 0. The van der Waals surface area contributed by atoms with Gasteiger partial charge >= 0.3 is 0 Å². The molecule has 3 N–H and O–H groups in total. The predicted molar refractivity (Wildman–Crippen MR) is 66.0 cm³/mol. The van der Waals surface area contributed by atoms with E-state index in [1.165, 1.54) is 0 Å². The summed E-state index contributed by atoms with van der Waals surface area (Å²) in [7, 11) is 0. The first-order valence-corrected chi connectivity index (χ1v) is 5.69. The van der Waals surface area contributed by atoms with E-state index in [1.54, 1.807) is 0 Å². The number of nitrogens with two attached hydrogens (primary N) is 1. The second-order valence-electron chi connectivity index (χ2n) is 4.39. The number of rotatable bonds is 8. The normalized spacial score (nSPS) is 12.6. The molecule has 1 unspecified atom stereocenters. The Bertz CT molecular complexity index is 227. The number of nitrogens with one attached hydrogen (secondary N) is 1. The van der Waals surface area contributed by atoms with Crippen LogP contribution >= 0.6 is 0 Å². The molecule has 0 aliphatic rings. The van der Waals surface area contributed by atoms with Crippen molar-refractivity contribution < 1.29 is 9.53 Å². The summed E-state index contributed by atoms with van der Waals surface area (Å²) in [6.45, 7) is 11.6. The summed E-state index contributed by atoms with van der Waals surface area (Å²) in [4.78, 5) is 11.6. The van der Waals surface area contributed by atoms with Gasteiger partial charge in [-0.1, -0.05) is 26.0 Å². The van der Waals surface area contributed by atoms with Gasteiger partial charge in [0.05, 0.1) is 19.1 Å². The van der Waals surface area contributed by atoms with Gasteiger partial charge in [0.25, 0.3) is 0 Å². The molecule has 0 aliphatic carbocycles. The van der Waals surface area contributed by atoms with Crippen molar-refractivity contribution in [2.45, 2.75) is 20.8 Å². The Morgan fingerprint density at radius 1 is 1.50 bits per heavy atom. The van der Waals surface area contributed by atoms with E-state index in [4.69, 9.17) is 10.5 Å². The molecule has 0 aromatic rings. The molecule has 1 amide bonds. The molecular weight excluding hydrogens is 204 g/mol. The number of carbonyl (C=O) groups is 1. The molecule has 94 valence electrons. The maximum Gasteiger partial charge on any atom is 0.224 e. The second kappa shape index (κ2) is 8.30. The van der Waals surface area contributed by atoms with E-state index < -0.39 is 0 Å². The summed E-state index contributed by atoms with van der Waals surface area (Å²) in [5, 5.41) is 2.82. The highest BCUT2D eigenvalue weighted by molar-refractivity contribution is 5.79. The first kappa shape index (κ1) is 15.1. The number of hydrogen-bond donors (Lipinski definition) is 2. The van der Waals surface area contributed by atoms with Gasteiger partial charge in [-0.05, 0) is 12.8 Å². The fourth-order valence-corrected chi connectivity index (χ4v) is 1.31. The van der Waals surface area contributed by atoms with Crippen LogP contribution in [-0.4, -0.2) is 32.2 Å². The highest BCUT2D eigenvalue weighted by atomic mass is 16.5. The lowest BCUT2D eigenvalue weighted by molar-refractivity contribution is -0.126. The maximum absolute atomic E-state index is 11.6. The topological polar surface area (TPSA) is 64.3 Å². The molecule has 0 bridgehead atoms. The molecule has 0 heterocycles. The first-order chi connectivity index (χ1) is 7.49. The number of carbonyl (C=O) groups excluding carboxylic acids is 1. The van der Waals surface area contributed by atoms with E-state index in [2.05, 4.69) is 11.9 Å². The lowest BCUT2D eigenvalue weighted by Crippen LogP contribution is -2.39. The maximum atomic E-state index is 11.6. The lowest BCUT2D eigenvalue weighted by Gasteiger charge is -2.18. The molecule has 4 nitrogen and oxygen atoms in total. The van der Waals surface area contributed by atoms with E-state index >= 15 is 0 Å². The Morgan fingerprint density at radius 3 is 2.56 bits per heavy atom. The Kier molecular flexibility index (Phi) is 7.85. The fraction of sp³-hybridized carbons (Fsp3) is 0.750. The van der Waals surface area contributed by atoms with Crippen LogP contribution in [0.15, 0.2) is 12.2 Å². The molecule has 0 spiro atoms. The van der Waals surface area contributed by atoms with E-state index in [-0.39, 0.29) is 17.7 Å². The number of amides is 1. The summed E-state index contributed by atoms with van der Waals surface area (Å²) >= 11 is 0. The van der Waals surface area contributed by atoms with Gasteiger partial charge in [-0.25, -0.2) is 0 Å². The molecule has 0 saturated carbocycles. The molecule has 0 aliphatic heterocycles. The minimum atomic E-state index is -0.110. The van der Waals surface area contributed by atoms with Gasteiger partial charge in [0.15, 0.2) is 0 Å². The van der Waals surface area contributed by atoms with Crippen molar-refractivity contribution in [3.63, 3.8) is 0 Å². The zero-order chi connectivity index (χ0) is 12.6. The average molecular weight is 228 g/mol. The molecule has 0 saturated heterocycles. The third-order valence-corrected chi connectivity index (χ3v) is 2.29. The van der Waals surface area contributed by atoms with Crippen molar-refractivity contribution in [1.82, 2.24) is 5.32 Å². The van der Waals surface area contributed by atoms with Crippen LogP contribution in [0, 0.1) is 11.8 Å². The summed E-state index contributed by atoms with van der Waals surface area (Å²) in [5.41, 5.74) is 6.52. The Morgan fingerprint density at radius 2 is 2.12 bits per heavy atom. The molecule has 0 fully saturated rings. The largest absolute Gasteiger partial charge is 0.375 e. The molecule has 16 heavy (non-hydrogen) atoms. The molecule has 1 atom stereocenters. The van der Waals surface area contributed by atoms with Crippen molar-refractivity contribution in [2.75, 3.05) is 26.3 Å². The molecule has 0 radical (unpaired) electrons. The van der Waals surface area contributed by atoms with Crippen LogP contribution in [0.3, 0.4) is 0 Å². The summed E-state index contributed by atoms with van der Waals surface area (Å²) in [6.07, 6.45) is 0. The second-order valence-corrected chi connectivity index (χ2v) is 4.39. The van der Waals surface area contributed by atoms with Crippen molar-refractivity contribution in [3.8, 4) is 0 Å². The van der Waals surface area contributed by atoms with Gasteiger partial charge in [0.2, 0.25) is 5.91 Å². The van der Waals surface area contributed by atoms with Crippen LogP contribution in [0.2, 0.25) is 0 Å². The Hall–Kier alpha value is -0.870. The van der Waals surface area contributed by atoms with Gasteiger partial charge in [-0.3, -0.25) is 4.79 Å². The molecule has 4 heteroatoms. The van der Waals surface area contributed by atoms with Crippen molar-refractivity contribution in [3.05, 3.63) is 12.2 Å². The smallest absolute Gasteiger partial charge is 0.224 e. The standard InChI is InChI=1S/C12H24N2O2/c1-9(2)8-16-6-5-14-12(15)11(7-13)10(3)4/h10-11H,1,5-8,13H2,2-4H3,(H,14,15). The van der Waals surface area contributed by atoms with Crippen LogP contribution in [0.1, 0.15) is 20.8 Å². The zero-order valence-corrected chi connectivity index (χ0v) is 10.6. The molecule has 0 rings (SSSR count).